The first-order valence-electron chi connectivity index (χ1n) is 5.56. The smallest absolute Gasteiger partial charge is 0.241 e. The average molecular weight is 248 g/mol. The van der Waals surface area contributed by atoms with Crippen molar-refractivity contribution in [3.8, 4) is 0 Å². The summed E-state index contributed by atoms with van der Waals surface area (Å²) in [5.74, 6) is -0.242. The Morgan fingerprint density at radius 1 is 1.50 bits per heavy atom. The molecule has 7 heteroatoms. The predicted octanol–water partition coefficient (Wildman–Crippen LogP) is -0.530. The molecule has 1 atom stereocenters. The molecule has 1 amide bonds. The maximum absolute atomic E-state index is 11.8. The zero-order valence-corrected chi connectivity index (χ0v) is 10.4. The molecule has 18 heavy (non-hydrogen) atoms. The number of aromatic nitrogens is 4. The van der Waals surface area contributed by atoms with Crippen LogP contribution in [0.2, 0.25) is 0 Å². The molecule has 2 aromatic rings. The normalized spacial score (nSPS) is 12.4. The molecule has 1 unspecified atom stereocenters. The quantitative estimate of drug-likeness (QED) is 0.761. The van der Waals surface area contributed by atoms with E-state index in [1.54, 1.807) is 28.8 Å². The van der Waals surface area contributed by atoms with E-state index in [4.69, 9.17) is 5.73 Å². The molecule has 0 aliphatic carbocycles. The van der Waals surface area contributed by atoms with Gasteiger partial charge in [-0.2, -0.15) is 10.2 Å². The zero-order valence-electron chi connectivity index (χ0n) is 10.4. The summed E-state index contributed by atoms with van der Waals surface area (Å²) in [7, 11) is 3.61. The maximum Gasteiger partial charge on any atom is 0.241 e. The molecular formula is C11H16N6O. The molecule has 0 radical (unpaired) electrons. The van der Waals surface area contributed by atoms with E-state index in [1.165, 1.54) is 0 Å². The van der Waals surface area contributed by atoms with Crippen molar-refractivity contribution in [1.29, 1.82) is 0 Å². The van der Waals surface area contributed by atoms with E-state index in [0.29, 0.717) is 12.1 Å². The van der Waals surface area contributed by atoms with Crippen LogP contribution in [0.1, 0.15) is 17.3 Å². The van der Waals surface area contributed by atoms with Crippen molar-refractivity contribution in [1.82, 2.24) is 24.9 Å². The lowest BCUT2D eigenvalue weighted by atomic mass is 10.1. The van der Waals surface area contributed by atoms with Gasteiger partial charge in [-0.05, 0) is 6.07 Å². The number of hydrogen-bond donors (Lipinski definition) is 2. The standard InChI is InChI=1S/C11H16N6O/c1-16-4-3-9(15-16)6-13-11(18)10(12)8-5-14-17(2)7-8/h3-5,7,10H,6,12H2,1-2H3,(H,13,18). The number of hydrogen-bond acceptors (Lipinski definition) is 4. The summed E-state index contributed by atoms with van der Waals surface area (Å²) in [4.78, 5) is 11.8. The molecule has 0 saturated carbocycles. The number of rotatable bonds is 4. The number of carbonyl (C=O) groups excluding carboxylic acids is 1. The van der Waals surface area contributed by atoms with Gasteiger partial charge in [0, 0.05) is 32.1 Å². The molecule has 96 valence electrons. The Kier molecular flexibility index (Phi) is 3.42. The molecule has 7 nitrogen and oxygen atoms in total. The summed E-state index contributed by atoms with van der Waals surface area (Å²) in [5, 5.41) is 10.9. The van der Waals surface area contributed by atoms with E-state index in [-0.39, 0.29) is 5.91 Å². The monoisotopic (exact) mass is 248 g/mol. The minimum absolute atomic E-state index is 0.242. The molecule has 0 fully saturated rings. The molecule has 2 aromatic heterocycles. The third-order valence-electron chi connectivity index (χ3n) is 2.58. The van der Waals surface area contributed by atoms with E-state index in [1.807, 2.05) is 19.3 Å². The fourth-order valence-corrected chi connectivity index (χ4v) is 1.60. The first-order chi connectivity index (χ1) is 8.56. The number of nitrogens with two attached hydrogens (primary N) is 1. The van der Waals surface area contributed by atoms with Gasteiger partial charge in [0.2, 0.25) is 5.91 Å². The molecule has 0 saturated heterocycles. The average Bonchev–Trinajstić information content (AvgIpc) is 2.94. The van der Waals surface area contributed by atoms with Crippen LogP contribution in [0, 0.1) is 0 Å². The number of aryl methyl sites for hydroxylation is 2. The third kappa shape index (κ3) is 2.75. The van der Waals surface area contributed by atoms with Crippen molar-refractivity contribution >= 4 is 5.91 Å². The maximum atomic E-state index is 11.8. The first-order valence-corrected chi connectivity index (χ1v) is 5.56. The second-order valence-electron chi connectivity index (χ2n) is 4.12. The molecule has 0 aromatic carbocycles. The Bertz CT molecular complexity index is 543. The van der Waals surface area contributed by atoms with Gasteiger partial charge < -0.3 is 11.1 Å². The van der Waals surface area contributed by atoms with Gasteiger partial charge >= 0.3 is 0 Å². The molecule has 2 rings (SSSR count). The molecule has 0 aliphatic heterocycles. The van der Waals surface area contributed by atoms with E-state index in [9.17, 15) is 4.79 Å². The van der Waals surface area contributed by atoms with Crippen molar-refractivity contribution in [3.05, 3.63) is 35.9 Å². The van der Waals surface area contributed by atoms with Crippen LogP contribution < -0.4 is 11.1 Å². The molecule has 3 N–H and O–H groups in total. The van der Waals surface area contributed by atoms with Gasteiger partial charge in [-0.3, -0.25) is 14.2 Å². The van der Waals surface area contributed by atoms with Crippen LogP contribution >= 0.6 is 0 Å². The minimum atomic E-state index is -0.706. The van der Waals surface area contributed by atoms with E-state index in [2.05, 4.69) is 15.5 Å². The van der Waals surface area contributed by atoms with Gasteiger partial charge in [-0.25, -0.2) is 0 Å². The van der Waals surface area contributed by atoms with Crippen LogP contribution in [0.4, 0.5) is 0 Å². The van der Waals surface area contributed by atoms with Gasteiger partial charge in [0.1, 0.15) is 6.04 Å². The summed E-state index contributed by atoms with van der Waals surface area (Å²) in [6, 6.07) is 1.14. The van der Waals surface area contributed by atoms with Crippen LogP contribution in [0.3, 0.4) is 0 Å². The number of amides is 1. The lowest BCUT2D eigenvalue weighted by molar-refractivity contribution is -0.122. The zero-order chi connectivity index (χ0) is 13.1. The Morgan fingerprint density at radius 2 is 2.28 bits per heavy atom. The highest BCUT2D eigenvalue weighted by Gasteiger charge is 2.17. The van der Waals surface area contributed by atoms with Crippen molar-refractivity contribution in [2.75, 3.05) is 0 Å². The molecular weight excluding hydrogens is 232 g/mol. The van der Waals surface area contributed by atoms with Crippen molar-refractivity contribution in [2.24, 2.45) is 19.8 Å². The fraction of sp³-hybridized carbons (Fsp3) is 0.364. The summed E-state index contributed by atoms with van der Waals surface area (Å²) < 4.78 is 3.30. The third-order valence-corrected chi connectivity index (χ3v) is 2.58. The molecule has 0 bridgehead atoms. The fourth-order valence-electron chi connectivity index (χ4n) is 1.60. The van der Waals surface area contributed by atoms with Gasteiger partial charge in [0.05, 0.1) is 18.4 Å². The second-order valence-corrected chi connectivity index (χ2v) is 4.12. The van der Waals surface area contributed by atoms with Gasteiger partial charge in [0.25, 0.3) is 0 Å². The van der Waals surface area contributed by atoms with Crippen LogP contribution in [0.15, 0.2) is 24.7 Å². The molecule has 2 heterocycles. The highest BCUT2D eigenvalue weighted by Crippen LogP contribution is 2.08. The van der Waals surface area contributed by atoms with Gasteiger partial charge in [-0.15, -0.1) is 0 Å². The van der Waals surface area contributed by atoms with Crippen molar-refractivity contribution in [3.63, 3.8) is 0 Å². The minimum Gasteiger partial charge on any atom is -0.349 e. The largest absolute Gasteiger partial charge is 0.349 e. The SMILES string of the molecule is Cn1cc(C(N)C(=O)NCc2ccn(C)n2)cn1. The Labute approximate surface area is 105 Å². The number of nitrogens with one attached hydrogen (secondary N) is 1. The topological polar surface area (TPSA) is 90.8 Å². The predicted molar refractivity (Wildman–Crippen MR) is 65.2 cm³/mol. The Balaban J connectivity index is 1.92. The van der Waals surface area contributed by atoms with E-state index >= 15 is 0 Å². The second kappa shape index (κ2) is 5.01. The van der Waals surface area contributed by atoms with E-state index < -0.39 is 6.04 Å². The molecule has 0 aliphatic rings. The Hall–Kier alpha value is -2.15. The number of carbonyl (C=O) groups is 1. The molecule has 0 spiro atoms. The van der Waals surface area contributed by atoms with Crippen LogP contribution in [-0.4, -0.2) is 25.5 Å². The summed E-state index contributed by atoms with van der Waals surface area (Å²) in [6.07, 6.45) is 5.14. The summed E-state index contributed by atoms with van der Waals surface area (Å²) in [5.41, 5.74) is 7.32. The van der Waals surface area contributed by atoms with Crippen LogP contribution in [-0.2, 0) is 25.4 Å². The summed E-state index contributed by atoms with van der Waals surface area (Å²) >= 11 is 0. The highest BCUT2D eigenvalue weighted by atomic mass is 16.2. The van der Waals surface area contributed by atoms with Crippen LogP contribution in [0.25, 0.3) is 0 Å². The van der Waals surface area contributed by atoms with Crippen molar-refractivity contribution < 1.29 is 4.79 Å². The Morgan fingerprint density at radius 3 is 2.83 bits per heavy atom. The lowest BCUT2D eigenvalue weighted by Crippen LogP contribution is -2.33. The van der Waals surface area contributed by atoms with Gasteiger partial charge in [0.15, 0.2) is 0 Å². The number of nitrogens with zero attached hydrogens (tertiary/aromatic N) is 4. The highest BCUT2D eigenvalue weighted by molar-refractivity contribution is 5.82. The van der Waals surface area contributed by atoms with Gasteiger partial charge in [-0.1, -0.05) is 0 Å². The van der Waals surface area contributed by atoms with E-state index in [0.717, 1.165) is 5.69 Å². The lowest BCUT2D eigenvalue weighted by Gasteiger charge is -2.09. The first kappa shape index (κ1) is 12.3. The van der Waals surface area contributed by atoms with Crippen LogP contribution in [0.5, 0.6) is 0 Å². The van der Waals surface area contributed by atoms with Crippen molar-refractivity contribution in [2.45, 2.75) is 12.6 Å². The summed E-state index contributed by atoms with van der Waals surface area (Å²) in [6.45, 7) is 0.369.